The summed E-state index contributed by atoms with van der Waals surface area (Å²) in [7, 11) is 1.65. The number of piperidine rings is 1. The number of hydrogen-bond acceptors (Lipinski definition) is 7. The zero-order chi connectivity index (χ0) is 28.3. The van der Waals surface area contributed by atoms with Crippen LogP contribution in [0.3, 0.4) is 0 Å². The summed E-state index contributed by atoms with van der Waals surface area (Å²) in [5, 5.41) is 3.74. The van der Waals surface area contributed by atoms with Gasteiger partial charge in [0.1, 0.15) is 5.75 Å². The molecule has 9 heteroatoms. The van der Waals surface area contributed by atoms with E-state index in [0.29, 0.717) is 40.4 Å². The SMILES string of the molecule is COc1cc(N2CCC(C)CC2)ccc1Nc1ncc2c(n1)N(Cc1ccccc1)C(=O)C(c1ccccc1Cl)O2. The van der Waals surface area contributed by atoms with Gasteiger partial charge in [-0.3, -0.25) is 9.69 Å². The average molecular weight is 570 g/mol. The minimum absolute atomic E-state index is 0.253. The van der Waals surface area contributed by atoms with Crippen molar-refractivity contribution < 1.29 is 14.3 Å². The van der Waals surface area contributed by atoms with Gasteiger partial charge in [0.15, 0.2) is 11.6 Å². The normalized spacial score (nSPS) is 17.1. The number of halogens is 1. The first kappa shape index (κ1) is 26.9. The maximum absolute atomic E-state index is 13.9. The number of carbonyl (C=O) groups excluding carboxylic acids is 1. The van der Waals surface area contributed by atoms with Gasteiger partial charge < -0.3 is 19.7 Å². The molecule has 41 heavy (non-hydrogen) atoms. The highest BCUT2D eigenvalue weighted by Gasteiger charge is 2.38. The van der Waals surface area contributed by atoms with Crippen LogP contribution in [0.15, 0.2) is 79.0 Å². The molecule has 1 saturated heterocycles. The standard InChI is InChI=1S/C32H32ClN5O3/c1-21-14-16-37(17-15-21)23-12-13-26(27(18-23)40-2)35-32-34-19-28-30(36-32)38(20-22-8-4-3-5-9-22)31(39)29(41-28)24-10-6-7-11-25(24)33/h3-13,18-19,21,29H,14-17,20H2,1-2H3,(H,34,35,36). The van der Waals surface area contributed by atoms with Gasteiger partial charge in [-0.1, -0.05) is 67.1 Å². The van der Waals surface area contributed by atoms with Gasteiger partial charge in [0, 0.05) is 35.4 Å². The molecule has 0 aliphatic carbocycles. The van der Waals surface area contributed by atoms with Crippen molar-refractivity contribution in [3.63, 3.8) is 0 Å². The minimum Gasteiger partial charge on any atom is -0.494 e. The zero-order valence-corrected chi connectivity index (χ0v) is 23.8. The van der Waals surface area contributed by atoms with Crippen molar-refractivity contribution in [2.45, 2.75) is 32.4 Å². The highest BCUT2D eigenvalue weighted by molar-refractivity contribution is 6.31. The third kappa shape index (κ3) is 5.65. The van der Waals surface area contributed by atoms with Crippen LogP contribution >= 0.6 is 11.6 Å². The molecule has 1 amide bonds. The van der Waals surface area contributed by atoms with Crippen LogP contribution in [0.25, 0.3) is 0 Å². The predicted molar refractivity (Wildman–Crippen MR) is 161 cm³/mol. The van der Waals surface area contributed by atoms with Crippen LogP contribution < -0.4 is 24.6 Å². The fraction of sp³-hybridized carbons (Fsp3) is 0.281. The van der Waals surface area contributed by atoms with E-state index in [1.165, 1.54) is 12.8 Å². The Balaban J connectivity index is 1.31. The molecule has 3 aromatic carbocycles. The van der Waals surface area contributed by atoms with Crippen LogP contribution in [-0.2, 0) is 11.3 Å². The first-order chi connectivity index (χ1) is 20.0. The van der Waals surface area contributed by atoms with Crippen molar-refractivity contribution in [3.8, 4) is 11.5 Å². The number of nitrogens with zero attached hydrogens (tertiary/aromatic N) is 4. The molecule has 1 fully saturated rings. The summed E-state index contributed by atoms with van der Waals surface area (Å²) in [5.74, 6) is 2.31. The first-order valence-electron chi connectivity index (χ1n) is 13.8. The van der Waals surface area contributed by atoms with Crippen LogP contribution in [0.5, 0.6) is 11.5 Å². The molecule has 2 aliphatic heterocycles. The predicted octanol–water partition coefficient (Wildman–Crippen LogP) is 6.79. The van der Waals surface area contributed by atoms with Crippen LogP contribution in [0.2, 0.25) is 5.02 Å². The molecular formula is C32H32ClN5O3. The molecule has 6 rings (SSSR count). The number of nitrogens with one attached hydrogen (secondary N) is 1. The third-order valence-electron chi connectivity index (χ3n) is 7.68. The first-order valence-corrected chi connectivity index (χ1v) is 14.2. The largest absolute Gasteiger partial charge is 0.494 e. The van der Waals surface area contributed by atoms with Crippen molar-refractivity contribution in [2.75, 3.05) is 35.3 Å². The molecule has 0 spiro atoms. The number of methoxy groups -OCH3 is 1. The second kappa shape index (κ2) is 11.7. The molecule has 2 aliphatic rings. The number of benzene rings is 3. The molecule has 1 aromatic heterocycles. The molecule has 8 nitrogen and oxygen atoms in total. The number of aromatic nitrogens is 2. The lowest BCUT2D eigenvalue weighted by molar-refractivity contribution is -0.126. The molecule has 1 atom stereocenters. The van der Waals surface area contributed by atoms with Crippen LogP contribution in [0.4, 0.5) is 23.1 Å². The van der Waals surface area contributed by atoms with Gasteiger partial charge in [0.25, 0.3) is 5.91 Å². The highest BCUT2D eigenvalue weighted by atomic mass is 35.5. The number of carbonyl (C=O) groups is 1. The van der Waals surface area contributed by atoms with Crippen LogP contribution in [0, 0.1) is 5.92 Å². The summed E-state index contributed by atoms with van der Waals surface area (Å²) in [6.07, 6.45) is 3.05. The zero-order valence-electron chi connectivity index (χ0n) is 23.1. The Morgan fingerprint density at radius 3 is 2.56 bits per heavy atom. The van der Waals surface area contributed by atoms with E-state index in [9.17, 15) is 4.79 Å². The quantitative estimate of drug-likeness (QED) is 0.262. The van der Waals surface area contributed by atoms with E-state index in [4.69, 9.17) is 26.1 Å². The van der Waals surface area contributed by atoms with Gasteiger partial charge in [-0.25, -0.2) is 4.98 Å². The van der Waals surface area contributed by atoms with E-state index in [-0.39, 0.29) is 5.91 Å². The van der Waals surface area contributed by atoms with E-state index in [2.05, 4.69) is 28.2 Å². The highest BCUT2D eigenvalue weighted by Crippen LogP contribution is 2.41. The van der Waals surface area contributed by atoms with Gasteiger partial charge in [0.05, 0.1) is 25.5 Å². The second-order valence-electron chi connectivity index (χ2n) is 10.5. The maximum Gasteiger partial charge on any atom is 0.274 e. The van der Waals surface area contributed by atoms with Crippen LogP contribution in [0.1, 0.15) is 37.0 Å². The molecule has 0 bridgehead atoms. The number of ether oxygens (including phenoxy) is 2. The Morgan fingerprint density at radius 1 is 1.05 bits per heavy atom. The Bertz CT molecular complexity index is 1540. The number of anilines is 4. The molecule has 3 heterocycles. The summed E-state index contributed by atoms with van der Waals surface area (Å²) >= 11 is 6.46. The smallest absolute Gasteiger partial charge is 0.274 e. The summed E-state index contributed by atoms with van der Waals surface area (Å²) < 4.78 is 11.9. The second-order valence-corrected chi connectivity index (χ2v) is 10.9. The summed E-state index contributed by atoms with van der Waals surface area (Å²) in [6.45, 7) is 4.69. The lowest BCUT2D eigenvalue weighted by atomic mass is 9.99. The number of amides is 1. The van der Waals surface area contributed by atoms with E-state index in [1.807, 2.05) is 54.6 Å². The van der Waals surface area contributed by atoms with Crippen molar-refractivity contribution in [1.29, 1.82) is 0 Å². The Morgan fingerprint density at radius 2 is 1.80 bits per heavy atom. The van der Waals surface area contributed by atoms with E-state index in [1.54, 1.807) is 30.3 Å². The Kier molecular flexibility index (Phi) is 7.65. The van der Waals surface area contributed by atoms with Crippen molar-refractivity contribution >= 4 is 40.6 Å². The van der Waals surface area contributed by atoms with Crippen molar-refractivity contribution in [3.05, 3.63) is 95.1 Å². The van der Waals surface area contributed by atoms with Gasteiger partial charge in [-0.15, -0.1) is 0 Å². The summed E-state index contributed by atoms with van der Waals surface area (Å²) in [6, 6.07) is 23.1. The Labute approximate surface area is 244 Å². The summed E-state index contributed by atoms with van der Waals surface area (Å²) in [4.78, 5) is 27.1. The number of rotatable bonds is 7. The van der Waals surface area contributed by atoms with Crippen LogP contribution in [-0.4, -0.2) is 36.1 Å². The van der Waals surface area contributed by atoms with E-state index < -0.39 is 6.10 Å². The van der Waals surface area contributed by atoms with E-state index in [0.717, 1.165) is 35.9 Å². The molecule has 1 N–H and O–H groups in total. The fourth-order valence-corrected chi connectivity index (χ4v) is 5.53. The molecule has 0 radical (unpaired) electrons. The van der Waals surface area contributed by atoms with Gasteiger partial charge in [-0.2, -0.15) is 4.98 Å². The van der Waals surface area contributed by atoms with Crippen molar-refractivity contribution in [1.82, 2.24) is 9.97 Å². The topological polar surface area (TPSA) is 79.8 Å². The average Bonchev–Trinajstić information content (AvgIpc) is 3.00. The number of hydrogen-bond donors (Lipinski definition) is 1. The monoisotopic (exact) mass is 569 g/mol. The van der Waals surface area contributed by atoms with Gasteiger partial charge in [0.2, 0.25) is 12.1 Å². The molecule has 210 valence electrons. The van der Waals surface area contributed by atoms with Gasteiger partial charge in [-0.05, 0) is 42.5 Å². The lowest BCUT2D eigenvalue weighted by Crippen LogP contribution is -2.41. The Hall–Kier alpha value is -4.30. The maximum atomic E-state index is 13.9. The van der Waals surface area contributed by atoms with E-state index >= 15 is 0 Å². The molecule has 0 saturated carbocycles. The molecular weight excluding hydrogens is 538 g/mol. The molecule has 4 aromatic rings. The van der Waals surface area contributed by atoms with Crippen molar-refractivity contribution in [2.24, 2.45) is 5.92 Å². The minimum atomic E-state index is -0.910. The lowest BCUT2D eigenvalue weighted by Gasteiger charge is -2.34. The fourth-order valence-electron chi connectivity index (χ4n) is 5.29. The molecule has 1 unspecified atom stereocenters. The third-order valence-corrected chi connectivity index (χ3v) is 8.02. The van der Waals surface area contributed by atoms with Gasteiger partial charge >= 0.3 is 0 Å². The number of fused-ring (bicyclic) bond motifs is 1. The summed E-state index contributed by atoms with van der Waals surface area (Å²) in [5.41, 5.74) is 3.42.